The monoisotopic (exact) mass is 155 g/mol. The Bertz CT molecular complexity index is 187. The standard InChI is InChI=1S/C8H14N2O/c1-3-4-8-9-5-6-10(8)7-11-2/h5-6H,3-4,7H2,1-2H3/p+1. The Morgan fingerprint density at radius 1 is 1.64 bits per heavy atom. The molecule has 0 spiro atoms. The quantitative estimate of drug-likeness (QED) is 0.642. The first-order valence-electron chi connectivity index (χ1n) is 3.93. The Labute approximate surface area is 67.0 Å². The Kier molecular flexibility index (Phi) is 3.11. The largest absolute Gasteiger partial charge is 0.345 e. The van der Waals surface area contributed by atoms with Crippen molar-refractivity contribution in [2.24, 2.45) is 0 Å². The van der Waals surface area contributed by atoms with E-state index in [0.717, 1.165) is 12.8 Å². The molecule has 0 bridgehead atoms. The second-order valence-corrected chi connectivity index (χ2v) is 2.54. The lowest BCUT2D eigenvalue weighted by Gasteiger charge is -1.96. The molecule has 0 aliphatic carbocycles. The minimum Gasteiger partial charge on any atom is -0.345 e. The smallest absolute Gasteiger partial charge is 0.256 e. The van der Waals surface area contributed by atoms with Crippen LogP contribution in [0.5, 0.6) is 0 Å². The van der Waals surface area contributed by atoms with Crippen LogP contribution in [0.2, 0.25) is 0 Å². The third kappa shape index (κ3) is 2.05. The Morgan fingerprint density at radius 2 is 2.45 bits per heavy atom. The zero-order valence-corrected chi connectivity index (χ0v) is 7.13. The molecule has 0 unspecified atom stereocenters. The number of aromatic nitrogens is 2. The molecule has 0 amide bonds. The molecule has 11 heavy (non-hydrogen) atoms. The molecule has 3 heteroatoms. The highest BCUT2D eigenvalue weighted by molar-refractivity contribution is 4.76. The van der Waals surface area contributed by atoms with Crippen LogP contribution >= 0.6 is 0 Å². The van der Waals surface area contributed by atoms with E-state index in [0.29, 0.717) is 6.73 Å². The predicted octanol–water partition coefficient (Wildman–Crippen LogP) is 0.859. The molecule has 0 aliphatic heterocycles. The van der Waals surface area contributed by atoms with E-state index < -0.39 is 0 Å². The van der Waals surface area contributed by atoms with Crippen molar-refractivity contribution in [3.63, 3.8) is 0 Å². The fraction of sp³-hybridized carbons (Fsp3) is 0.625. The third-order valence-corrected chi connectivity index (χ3v) is 1.61. The SMILES string of the molecule is CCCc1[nH]cc[n+]1COC. The summed E-state index contributed by atoms with van der Waals surface area (Å²) < 4.78 is 7.09. The molecule has 0 atom stereocenters. The number of aromatic amines is 1. The second kappa shape index (κ2) is 4.13. The van der Waals surface area contributed by atoms with Crippen LogP contribution in [-0.2, 0) is 17.9 Å². The van der Waals surface area contributed by atoms with Gasteiger partial charge in [0.1, 0.15) is 12.4 Å². The first-order chi connectivity index (χ1) is 5.38. The average molecular weight is 155 g/mol. The number of aryl methyl sites for hydroxylation is 1. The Balaban J connectivity index is 2.62. The minimum absolute atomic E-state index is 0.638. The van der Waals surface area contributed by atoms with Gasteiger partial charge in [-0.2, -0.15) is 0 Å². The summed E-state index contributed by atoms with van der Waals surface area (Å²) in [4.78, 5) is 3.17. The summed E-state index contributed by atoms with van der Waals surface area (Å²) in [6.45, 7) is 2.80. The maximum atomic E-state index is 5.02. The summed E-state index contributed by atoms with van der Waals surface area (Å²) in [6.07, 6.45) is 6.17. The van der Waals surface area contributed by atoms with Gasteiger partial charge in [0.15, 0.2) is 6.73 Å². The Hall–Kier alpha value is -0.830. The van der Waals surface area contributed by atoms with Crippen molar-refractivity contribution in [1.29, 1.82) is 0 Å². The predicted molar refractivity (Wildman–Crippen MR) is 42.0 cm³/mol. The fourth-order valence-electron chi connectivity index (χ4n) is 1.11. The summed E-state index contributed by atoms with van der Waals surface area (Å²) in [6, 6.07) is 0. The first-order valence-corrected chi connectivity index (χ1v) is 3.93. The molecular weight excluding hydrogens is 140 g/mol. The lowest BCUT2D eigenvalue weighted by Crippen LogP contribution is -2.36. The van der Waals surface area contributed by atoms with Crippen LogP contribution in [0.25, 0.3) is 0 Å². The third-order valence-electron chi connectivity index (χ3n) is 1.61. The molecule has 1 aromatic rings. The summed E-state index contributed by atoms with van der Waals surface area (Å²) >= 11 is 0. The summed E-state index contributed by atoms with van der Waals surface area (Å²) in [5, 5.41) is 0. The highest BCUT2D eigenvalue weighted by Crippen LogP contribution is 1.91. The number of nitrogens with one attached hydrogen (secondary N) is 1. The van der Waals surface area contributed by atoms with Crippen molar-refractivity contribution in [2.75, 3.05) is 7.11 Å². The van der Waals surface area contributed by atoms with Gasteiger partial charge in [-0.05, 0) is 6.42 Å². The van der Waals surface area contributed by atoms with Gasteiger partial charge in [0, 0.05) is 13.5 Å². The van der Waals surface area contributed by atoms with Crippen LogP contribution in [0.1, 0.15) is 19.2 Å². The molecule has 0 saturated heterocycles. The van der Waals surface area contributed by atoms with Crippen molar-refractivity contribution < 1.29 is 9.30 Å². The first kappa shape index (κ1) is 8.27. The van der Waals surface area contributed by atoms with Crippen LogP contribution in [0, 0.1) is 0 Å². The van der Waals surface area contributed by atoms with E-state index in [9.17, 15) is 0 Å². The molecule has 0 saturated carbocycles. The van der Waals surface area contributed by atoms with Crippen molar-refractivity contribution in [1.82, 2.24) is 4.98 Å². The van der Waals surface area contributed by atoms with Gasteiger partial charge in [-0.3, -0.25) is 0 Å². The van der Waals surface area contributed by atoms with Crippen molar-refractivity contribution in [3.05, 3.63) is 18.2 Å². The molecule has 0 radical (unpaired) electrons. The number of H-pyrrole nitrogens is 1. The zero-order chi connectivity index (χ0) is 8.10. The van der Waals surface area contributed by atoms with Crippen LogP contribution in [0.15, 0.2) is 12.4 Å². The number of hydrogen-bond acceptors (Lipinski definition) is 1. The second-order valence-electron chi connectivity index (χ2n) is 2.54. The number of methoxy groups -OCH3 is 1. The van der Waals surface area contributed by atoms with Gasteiger partial charge in [0.05, 0.1) is 0 Å². The van der Waals surface area contributed by atoms with E-state index in [1.807, 2.05) is 12.4 Å². The highest BCUT2D eigenvalue weighted by atomic mass is 16.5. The number of hydrogen-bond donors (Lipinski definition) is 1. The van der Waals surface area contributed by atoms with Crippen LogP contribution in [-0.4, -0.2) is 12.1 Å². The molecule has 0 aromatic carbocycles. The number of nitrogens with zero attached hydrogens (tertiary/aromatic N) is 1. The van der Waals surface area contributed by atoms with Crippen molar-refractivity contribution in [3.8, 4) is 0 Å². The van der Waals surface area contributed by atoms with E-state index in [4.69, 9.17) is 4.74 Å². The molecule has 1 heterocycles. The van der Waals surface area contributed by atoms with E-state index >= 15 is 0 Å². The van der Waals surface area contributed by atoms with E-state index in [2.05, 4.69) is 16.5 Å². The minimum atomic E-state index is 0.638. The van der Waals surface area contributed by atoms with E-state index in [-0.39, 0.29) is 0 Å². The topological polar surface area (TPSA) is 28.9 Å². The normalized spacial score (nSPS) is 10.4. The molecule has 3 nitrogen and oxygen atoms in total. The van der Waals surface area contributed by atoms with Gasteiger partial charge >= 0.3 is 0 Å². The van der Waals surface area contributed by atoms with Gasteiger partial charge in [-0.1, -0.05) is 6.92 Å². The molecule has 1 N–H and O–H groups in total. The lowest BCUT2D eigenvalue weighted by molar-refractivity contribution is -0.736. The average Bonchev–Trinajstić information content (AvgIpc) is 2.39. The van der Waals surface area contributed by atoms with Crippen LogP contribution in [0.4, 0.5) is 0 Å². The number of imidazole rings is 1. The van der Waals surface area contributed by atoms with E-state index in [1.54, 1.807) is 7.11 Å². The molecule has 1 aromatic heterocycles. The molecule has 62 valence electrons. The Morgan fingerprint density at radius 3 is 3.09 bits per heavy atom. The molecular formula is C8H15N2O+. The maximum absolute atomic E-state index is 5.02. The highest BCUT2D eigenvalue weighted by Gasteiger charge is 2.06. The lowest BCUT2D eigenvalue weighted by atomic mass is 10.3. The van der Waals surface area contributed by atoms with Gasteiger partial charge in [0.2, 0.25) is 0 Å². The van der Waals surface area contributed by atoms with Gasteiger partial charge in [0.25, 0.3) is 5.82 Å². The van der Waals surface area contributed by atoms with Gasteiger partial charge in [-0.15, -0.1) is 0 Å². The van der Waals surface area contributed by atoms with Gasteiger partial charge in [-0.25, -0.2) is 9.55 Å². The van der Waals surface area contributed by atoms with Crippen molar-refractivity contribution >= 4 is 0 Å². The summed E-state index contributed by atoms with van der Waals surface area (Å²) in [5.41, 5.74) is 0. The number of ether oxygens (including phenoxy) is 1. The summed E-state index contributed by atoms with van der Waals surface area (Å²) in [7, 11) is 1.70. The molecule has 0 fully saturated rings. The maximum Gasteiger partial charge on any atom is 0.256 e. The van der Waals surface area contributed by atoms with Crippen LogP contribution < -0.4 is 4.57 Å². The molecule has 0 aliphatic rings. The summed E-state index contributed by atoms with van der Waals surface area (Å²) in [5.74, 6) is 1.23. The van der Waals surface area contributed by atoms with Crippen LogP contribution in [0.3, 0.4) is 0 Å². The molecule has 1 rings (SSSR count). The van der Waals surface area contributed by atoms with E-state index in [1.165, 1.54) is 5.82 Å². The van der Waals surface area contributed by atoms with Crippen molar-refractivity contribution in [2.45, 2.75) is 26.5 Å². The zero-order valence-electron chi connectivity index (χ0n) is 7.13. The fourth-order valence-corrected chi connectivity index (χ4v) is 1.11. The number of rotatable bonds is 4. The van der Waals surface area contributed by atoms with Gasteiger partial charge < -0.3 is 4.74 Å².